The Morgan fingerprint density at radius 1 is 0.902 bits per heavy atom. The predicted molar refractivity (Wildman–Crippen MR) is 159 cm³/mol. The van der Waals surface area contributed by atoms with E-state index in [9.17, 15) is 19.4 Å². The number of hydrogen-bond acceptors (Lipinski definition) is 6. The molecule has 0 spiro atoms. The highest BCUT2D eigenvalue weighted by Gasteiger charge is 2.16. The molecule has 0 fully saturated rings. The normalized spacial score (nSPS) is 10.9. The first-order valence-corrected chi connectivity index (χ1v) is 14.3. The van der Waals surface area contributed by atoms with Crippen molar-refractivity contribution in [3.63, 3.8) is 0 Å². The first-order chi connectivity index (χ1) is 19.9. The van der Waals surface area contributed by atoms with Gasteiger partial charge in [-0.3, -0.25) is 0 Å². The monoisotopic (exact) mass is 576 g/mol. The van der Waals surface area contributed by atoms with Gasteiger partial charge >= 0.3 is 5.97 Å². The minimum absolute atomic E-state index is 0.0761. The molecule has 6 nitrogen and oxygen atoms in total. The Morgan fingerprint density at radius 3 is 2.39 bits per heavy atom. The molecule has 0 saturated heterocycles. The molecule has 4 aromatic carbocycles. The Balaban J connectivity index is 1.34. The summed E-state index contributed by atoms with van der Waals surface area (Å²) in [4.78, 5) is 12.5. The highest BCUT2D eigenvalue weighted by atomic mass is 32.2. The van der Waals surface area contributed by atoms with Gasteiger partial charge in [-0.05, 0) is 66.4 Å². The van der Waals surface area contributed by atoms with Gasteiger partial charge in [-0.1, -0.05) is 50.6 Å². The van der Waals surface area contributed by atoms with Crippen LogP contribution < -0.4 is 9.47 Å². The van der Waals surface area contributed by atoms with E-state index in [1.54, 1.807) is 36.4 Å². The van der Waals surface area contributed by atoms with Gasteiger partial charge in [-0.15, -0.1) is 0 Å². The average Bonchev–Trinajstić information content (AvgIpc) is 2.97. The third-order valence-electron chi connectivity index (χ3n) is 6.42. The van der Waals surface area contributed by atoms with Gasteiger partial charge in [0.1, 0.15) is 34.4 Å². The molecule has 0 unspecified atom stereocenters. The van der Waals surface area contributed by atoms with Gasteiger partial charge in [-0.2, -0.15) is 0 Å². The zero-order chi connectivity index (χ0) is 29.2. The van der Waals surface area contributed by atoms with Crippen molar-refractivity contribution in [3.05, 3.63) is 101 Å². The van der Waals surface area contributed by atoms with E-state index >= 15 is 0 Å². The molecule has 8 heteroatoms. The summed E-state index contributed by atoms with van der Waals surface area (Å²) < 4.78 is 31.2. The van der Waals surface area contributed by atoms with Crippen molar-refractivity contribution < 1.29 is 33.1 Å². The van der Waals surface area contributed by atoms with Crippen molar-refractivity contribution in [2.24, 2.45) is 0 Å². The summed E-state index contributed by atoms with van der Waals surface area (Å²) in [6.07, 6.45) is 2.97. The molecule has 2 N–H and O–H groups in total. The Hall–Kier alpha value is -4.01. The van der Waals surface area contributed by atoms with Gasteiger partial charge in [-0.25, -0.2) is 9.18 Å². The van der Waals surface area contributed by atoms with Crippen LogP contribution in [0.1, 0.15) is 48.2 Å². The van der Waals surface area contributed by atoms with Crippen molar-refractivity contribution in [2.75, 3.05) is 13.2 Å². The standard InChI is InChI=1S/C33H33FO6S/c1-3-9-25-29(40-30-11-6-5-10-26(30)33(36)37)12-7-13-32(25)41-39-19-8-18-38-31-21-28(35)27(20-22(31)4-2)23-14-16-24(34)17-15-23/h5-7,10-17,20-21,35H,3-4,8-9,18-19H2,1-2H3,(H,36,37). The zero-order valence-corrected chi connectivity index (χ0v) is 23.9. The molecule has 0 radical (unpaired) electrons. The number of phenols is 1. The van der Waals surface area contributed by atoms with Gasteiger partial charge in [0.05, 0.1) is 13.2 Å². The molecule has 0 aliphatic heterocycles. The maximum absolute atomic E-state index is 13.3. The van der Waals surface area contributed by atoms with Crippen molar-refractivity contribution >= 4 is 18.0 Å². The number of carbonyl (C=O) groups is 1. The summed E-state index contributed by atoms with van der Waals surface area (Å²) in [5.41, 5.74) is 3.38. The molecule has 0 aromatic heterocycles. The second kappa shape index (κ2) is 14.6. The van der Waals surface area contributed by atoms with E-state index in [0.29, 0.717) is 48.9 Å². The van der Waals surface area contributed by atoms with Crippen LogP contribution in [0.25, 0.3) is 11.1 Å². The van der Waals surface area contributed by atoms with Crippen molar-refractivity contribution in [3.8, 4) is 34.1 Å². The summed E-state index contributed by atoms with van der Waals surface area (Å²) in [5.74, 6) is 0.217. The van der Waals surface area contributed by atoms with Crippen LogP contribution in [-0.2, 0) is 17.0 Å². The van der Waals surface area contributed by atoms with Gasteiger partial charge in [0, 0.05) is 40.6 Å². The Bertz CT molecular complexity index is 1470. The third-order valence-corrected chi connectivity index (χ3v) is 7.27. The number of halogens is 1. The Labute approximate surface area is 243 Å². The van der Waals surface area contributed by atoms with Crippen LogP contribution in [0, 0.1) is 5.82 Å². The first kappa shape index (κ1) is 30.0. The van der Waals surface area contributed by atoms with E-state index in [4.69, 9.17) is 13.7 Å². The molecule has 0 aliphatic carbocycles. The number of aromatic carboxylic acids is 1. The highest BCUT2D eigenvalue weighted by molar-refractivity contribution is 7.94. The number of carboxylic acids is 1. The summed E-state index contributed by atoms with van der Waals surface area (Å²) in [7, 11) is 0. The van der Waals surface area contributed by atoms with E-state index in [1.165, 1.54) is 30.2 Å². The molecule has 214 valence electrons. The summed E-state index contributed by atoms with van der Waals surface area (Å²) in [5, 5.41) is 20.1. The second-order valence-electron chi connectivity index (χ2n) is 9.33. The molecular formula is C33H33FO6S. The van der Waals surface area contributed by atoms with Crippen molar-refractivity contribution in [2.45, 2.75) is 44.4 Å². The van der Waals surface area contributed by atoms with Crippen LogP contribution >= 0.6 is 12.0 Å². The summed E-state index contributed by atoms with van der Waals surface area (Å²) in [6.45, 7) is 4.92. The number of benzene rings is 4. The Kier molecular flexibility index (Phi) is 10.6. The number of aromatic hydroxyl groups is 1. The minimum Gasteiger partial charge on any atom is -0.507 e. The van der Waals surface area contributed by atoms with Gasteiger partial charge in [0.2, 0.25) is 0 Å². The van der Waals surface area contributed by atoms with Crippen LogP contribution in [0.15, 0.2) is 83.8 Å². The number of hydrogen-bond donors (Lipinski definition) is 2. The summed E-state index contributed by atoms with van der Waals surface area (Å²) >= 11 is 1.26. The lowest BCUT2D eigenvalue weighted by Crippen LogP contribution is -2.03. The maximum atomic E-state index is 13.3. The van der Waals surface area contributed by atoms with E-state index in [0.717, 1.165) is 34.4 Å². The van der Waals surface area contributed by atoms with Gasteiger partial charge < -0.3 is 23.9 Å². The largest absolute Gasteiger partial charge is 0.507 e. The lowest BCUT2D eigenvalue weighted by molar-refractivity contribution is 0.0694. The van der Waals surface area contributed by atoms with Crippen LogP contribution in [0.4, 0.5) is 4.39 Å². The molecule has 0 saturated carbocycles. The average molecular weight is 577 g/mol. The van der Waals surface area contributed by atoms with Crippen molar-refractivity contribution in [1.29, 1.82) is 0 Å². The van der Waals surface area contributed by atoms with Crippen LogP contribution in [-0.4, -0.2) is 29.4 Å². The van der Waals surface area contributed by atoms with Crippen molar-refractivity contribution in [1.82, 2.24) is 0 Å². The number of phenolic OH excluding ortho intramolecular Hbond substituents is 1. The molecule has 0 aliphatic rings. The zero-order valence-electron chi connectivity index (χ0n) is 23.1. The fourth-order valence-electron chi connectivity index (χ4n) is 4.36. The van der Waals surface area contributed by atoms with E-state index in [-0.39, 0.29) is 17.1 Å². The first-order valence-electron chi connectivity index (χ1n) is 13.6. The Morgan fingerprint density at radius 2 is 1.66 bits per heavy atom. The topological polar surface area (TPSA) is 85.2 Å². The maximum Gasteiger partial charge on any atom is 0.339 e. The number of rotatable bonds is 14. The number of carboxylic acid groups (broad SMARTS) is 1. The SMILES string of the molecule is CCCc1c(Oc2ccccc2C(=O)O)cccc1SOCCCOc1cc(O)c(-c2ccc(F)cc2)cc1CC. The van der Waals surface area contributed by atoms with Crippen LogP contribution in [0.2, 0.25) is 0 Å². The molecular weight excluding hydrogens is 543 g/mol. The summed E-state index contributed by atoms with van der Waals surface area (Å²) in [6, 6.07) is 21.8. The quantitative estimate of drug-likeness (QED) is 0.115. The molecule has 0 amide bonds. The molecule has 0 bridgehead atoms. The van der Waals surface area contributed by atoms with E-state index < -0.39 is 5.97 Å². The van der Waals surface area contributed by atoms with Crippen LogP contribution in [0.3, 0.4) is 0 Å². The minimum atomic E-state index is -1.04. The smallest absolute Gasteiger partial charge is 0.339 e. The molecule has 0 atom stereocenters. The number of ether oxygens (including phenoxy) is 2. The third kappa shape index (κ3) is 7.80. The number of aryl methyl sites for hydroxylation is 1. The fourth-order valence-corrected chi connectivity index (χ4v) is 5.12. The lowest BCUT2D eigenvalue weighted by atomic mass is 10.00. The van der Waals surface area contributed by atoms with Crippen LogP contribution in [0.5, 0.6) is 23.0 Å². The molecule has 4 aromatic rings. The lowest BCUT2D eigenvalue weighted by Gasteiger charge is -2.16. The predicted octanol–water partition coefficient (Wildman–Crippen LogP) is 8.70. The van der Waals surface area contributed by atoms with Gasteiger partial charge in [0.25, 0.3) is 0 Å². The van der Waals surface area contributed by atoms with E-state index in [2.05, 4.69) is 6.92 Å². The number of para-hydroxylation sites is 1. The molecule has 41 heavy (non-hydrogen) atoms. The second-order valence-corrected chi connectivity index (χ2v) is 10.2. The highest BCUT2D eigenvalue weighted by Crippen LogP contribution is 2.37. The molecule has 0 heterocycles. The molecule has 4 rings (SSSR count). The van der Waals surface area contributed by atoms with E-state index in [1.807, 2.05) is 31.2 Å². The fraction of sp³-hybridized carbons (Fsp3) is 0.242. The van der Waals surface area contributed by atoms with Gasteiger partial charge in [0.15, 0.2) is 0 Å².